The van der Waals surface area contributed by atoms with Gasteiger partial charge < -0.3 is 15.0 Å². The minimum absolute atomic E-state index is 0.00896. The summed E-state index contributed by atoms with van der Waals surface area (Å²) in [5, 5.41) is 2.89. The largest absolute Gasteiger partial charge is 0.497 e. The molecule has 0 saturated carbocycles. The molecule has 1 amide bonds. The lowest BCUT2D eigenvalue weighted by Crippen LogP contribution is -2.30. The van der Waals surface area contributed by atoms with E-state index in [0.29, 0.717) is 12.3 Å². The molecule has 1 rings (SSSR count). The Morgan fingerprint density at radius 3 is 2.43 bits per heavy atom. The topological polar surface area (TPSA) is 41.6 Å². The van der Waals surface area contributed by atoms with E-state index < -0.39 is 0 Å². The third-order valence-electron chi connectivity index (χ3n) is 3.00. The summed E-state index contributed by atoms with van der Waals surface area (Å²) in [4.78, 5) is 13.9. The van der Waals surface area contributed by atoms with Crippen molar-refractivity contribution in [3.63, 3.8) is 0 Å². The van der Waals surface area contributed by atoms with Gasteiger partial charge in [-0.25, -0.2) is 0 Å². The minimum atomic E-state index is -0.00896. The molecular weight excluding hydrogens is 304 g/mol. The zero-order chi connectivity index (χ0) is 15.7. The van der Waals surface area contributed by atoms with Crippen LogP contribution in [-0.4, -0.2) is 41.1 Å². The van der Waals surface area contributed by atoms with E-state index in [1.807, 2.05) is 24.3 Å². The third kappa shape index (κ3) is 6.35. The molecule has 0 aromatic heterocycles. The van der Waals surface area contributed by atoms with Crippen LogP contribution in [0.5, 0.6) is 5.75 Å². The fraction of sp³-hybridized carbons (Fsp3) is 0.467. The van der Waals surface area contributed by atoms with Gasteiger partial charge in [0.1, 0.15) is 10.1 Å². The molecule has 0 radical (unpaired) electrons. The van der Waals surface area contributed by atoms with Crippen molar-refractivity contribution in [3.8, 4) is 5.75 Å². The van der Waals surface area contributed by atoms with Crippen molar-refractivity contribution in [1.29, 1.82) is 0 Å². The van der Waals surface area contributed by atoms with Crippen molar-refractivity contribution >= 4 is 34.2 Å². The van der Waals surface area contributed by atoms with Crippen molar-refractivity contribution < 1.29 is 9.53 Å². The van der Waals surface area contributed by atoms with Crippen LogP contribution in [0.1, 0.15) is 19.4 Å². The Balaban J connectivity index is 2.32. The maximum atomic E-state index is 11.8. The lowest BCUT2D eigenvalue weighted by Gasteiger charge is -2.20. The number of amides is 1. The van der Waals surface area contributed by atoms with E-state index in [9.17, 15) is 4.79 Å². The first kappa shape index (κ1) is 17.8. The average Bonchev–Trinajstić information content (AvgIpc) is 2.52. The summed E-state index contributed by atoms with van der Waals surface area (Å²) >= 11 is 6.70. The van der Waals surface area contributed by atoms with E-state index in [1.54, 1.807) is 7.11 Å². The minimum Gasteiger partial charge on any atom is -0.497 e. The van der Waals surface area contributed by atoms with Crippen molar-refractivity contribution in [1.82, 2.24) is 10.2 Å². The second kappa shape index (κ2) is 9.63. The molecule has 1 N–H and O–H groups in total. The Morgan fingerprint density at radius 1 is 1.29 bits per heavy atom. The van der Waals surface area contributed by atoms with Crippen LogP contribution in [0.15, 0.2) is 24.3 Å². The number of nitrogens with zero attached hydrogens (tertiary/aromatic N) is 1. The molecule has 0 spiro atoms. The van der Waals surface area contributed by atoms with Crippen molar-refractivity contribution in [2.45, 2.75) is 20.4 Å². The van der Waals surface area contributed by atoms with Crippen LogP contribution in [0, 0.1) is 0 Å². The van der Waals surface area contributed by atoms with Gasteiger partial charge in [0.05, 0.1) is 12.9 Å². The summed E-state index contributed by atoms with van der Waals surface area (Å²) in [6, 6.07) is 7.64. The Kier molecular flexibility index (Phi) is 8.15. The van der Waals surface area contributed by atoms with Gasteiger partial charge in [-0.15, -0.1) is 0 Å². The second-order valence-electron chi connectivity index (χ2n) is 4.35. The highest BCUT2D eigenvalue weighted by atomic mass is 32.2. The highest BCUT2D eigenvalue weighted by Crippen LogP contribution is 2.11. The number of carbonyl (C=O) groups excluding carboxylic acids is 1. The van der Waals surface area contributed by atoms with Crippen LogP contribution in [-0.2, 0) is 11.3 Å². The average molecular weight is 326 g/mol. The molecule has 0 fully saturated rings. The molecule has 0 bridgehead atoms. The molecule has 0 aliphatic heterocycles. The molecule has 0 aliphatic carbocycles. The predicted molar refractivity (Wildman–Crippen MR) is 92.8 cm³/mol. The number of thiocarbonyl (C=S) groups is 1. The van der Waals surface area contributed by atoms with Gasteiger partial charge in [0, 0.05) is 19.6 Å². The van der Waals surface area contributed by atoms with E-state index in [1.165, 1.54) is 11.8 Å². The molecule has 21 heavy (non-hydrogen) atoms. The highest BCUT2D eigenvalue weighted by Gasteiger charge is 2.09. The number of carbonyl (C=O) groups is 1. The lowest BCUT2D eigenvalue weighted by atomic mass is 10.2. The summed E-state index contributed by atoms with van der Waals surface area (Å²) in [5.74, 6) is 1.15. The molecule has 4 nitrogen and oxygen atoms in total. The van der Waals surface area contributed by atoms with Crippen LogP contribution < -0.4 is 10.1 Å². The van der Waals surface area contributed by atoms with E-state index in [2.05, 4.69) is 24.1 Å². The molecule has 0 saturated heterocycles. The van der Waals surface area contributed by atoms with Gasteiger partial charge in [0.25, 0.3) is 0 Å². The SMILES string of the molecule is CCN(CC)C(=S)SCC(=O)NCc1ccc(OC)cc1. The van der Waals surface area contributed by atoms with E-state index >= 15 is 0 Å². The Morgan fingerprint density at radius 2 is 1.90 bits per heavy atom. The monoisotopic (exact) mass is 326 g/mol. The first-order valence-corrected chi connectivity index (χ1v) is 8.31. The Hall–Kier alpha value is -1.27. The molecule has 6 heteroatoms. The molecule has 0 atom stereocenters. The quantitative estimate of drug-likeness (QED) is 0.780. The van der Waals surface area contributed by atoms with Gasteiger partial charge in [-0.05, 0) is 31.5 Å². The van der Waals surface area contributed by atoms with Gasteiger partial charge in [0.2, 0.25) is 5.91 Å². The fourth-order valence-corrected chi connectivity index (χ4v) is 2.93. The smallest absolute Gasteiger partial charge is 0.230 e. The molecule has 0 unspecified atom stereocenters. The summed E-state index contributed by atoms with van der Waals surface area (Å²) < 4.78 is 5.87. The van der Waals surface area contributed by atoms with Gasteiger partial charge in [0.15, 0.2) is 0 Å². The van der Waals surface area contributed by atoms with Gasteiger partial charge >= 0.3 is 0 Å². The zero-order valence-electron chi connectivity index (χ0n) is 12.7. The third-order valence-corrected chi connectivity index (χ3v) is 4.52. The van der Waals surface area contributed by atoms with Gasteiger partial charge in [-0.2, -0.15) is 0 Å². The number of nitrogens with one attached hydrogen (secondary N) is 1. The number of ether oxygens (including phenoxy) is 1. The maximum absolute atomic E-state index is 11.8. The highest BCUT2D eigenvalue weighted by molar-refractivity contribution is 8.23. The standard InChI is InChI=1S/C15H22N2O2S2/c1-4-17(5-2)15(20)21-11-14(18)16-10-12-6-8-13(19-3)9-7-12/h6-9H,4-5,10-11H2,1-3H3,(H,16,18). The van der Waals surface area contributed by atoms with E-state index in [-0.39, 0.29) is 5.91 Å². The van der Waals surface area contributed by atoms with Crippen molar-refractivity contribution in [2.75, 3.05) is 26.0 Å². The number of thioether (sulfide) groups is 1. The number of rotatable bonds is 7. The summed E-state index contributed by atoms with van der Waals surface area (Å²) in [7, 11) is 1.63. The molecule has 116 valence electrons. The second-order valence-corrected chi connectivity index (χ2v) is 5.96. The number of hydrogen-bond donors (Lipinski definition) is 1. The molecule has 0 aliphatic rings. The summed E-state index contributed by atoms with van der Waals surface area (Å²) in [5.41, 5.74) is 1.04. The zero-order valence-corrected chi connectivity index (χ0v) is 14.4. The van der Waals surface area contributed by atoms with Crippen molar-refractivity contribution in [3.05, 3.63) is 29.8 Å². The molecule has 1 aromatic carbocycles. The number of hydrogen-bond acceptors (Lipinski definition) is 4. The van der Waals surface area contributed by atoms with E-state index in [0.717, 1.165) is 28.7 Å². The van der Waals surface area contributed by atoms with Gasteiger partial charge in [-0.1, -0.05) is 36.1 Å². The van der Waals surface area contributed by atoms with Crippen LogP contribution in [0.25, 0.3) is 0 Å². The molecular formula is C15H22N2O2S2. The number of benzene rings is 1. The predicted octanol–water partition coefficient (Wildman–Crippen LogP) is 2.67. The first-order chi connectivity index (χ1) is 10.1. The summed E-state index contributed by atoms with van der Waals surface area (Å²) in [6.45, 7) is 6.37. The fourth-order valence-electron chi connectivity index (χ4n) is 1.70. The summed E-state index contributed by atoms with van der Waals surface area (Å²) in [6.07, 6.45) is 0. The van der Waals surface area contributed by atoms with E-state index in [4.69, 9.17) is 17.0 Å². The Labute approximate surface area is 136 Å². The van der Waals surface area contributed by atoms with Crippen LogP contribution in [0.2, 0.25) is 0 Å². The molecule has 1 aromatic rings. The van der Waals surface area contributed by atoms with Crippen molar-refractivity contribution in [2.24, 2.45) is 0 Å². The maximum Gasteiger partial charge on any atom is 0.230 e. The number of methoxy groups -OCH3 is 1. The van der Waals surface area contributed by atoms with Crippen LogP contribution in [0.3, 0.4) is 0 Å². The normalized spacial score (nSPS) is 10.0. The van der Waals surface area contributed by atoms with Crippen LogP contribution >= 0.6 is 24.0 Å². The lowest BCUT2D eigenvalue weighted by molar-refractivity contribution is -0.118. The Bertz CT molecular complexity index is 459. The molecule has 0 heterocycles. The van der Waals surface area contributed by atoms with Crippen LogP contribution in [0.4, 0.5) is 0 Å². The first-order valence-electron chi connectivity index (χ1n) is 6.92. The van der Waals surface area contributed by atoms with Gasteiger partial charge in [-0.3, -0.25) is 4.79 Å².